The number of halogens is 6. The smallest absolute Gasteiger partial charge is 0.417 e. The van der Waals surface area contributed by atoms with Gasteiger partial charge in [0.15, 0.2) is 0 Å². The second-order valence-corrected chi connectivity index (χ2v) is 6.80. The van der Waals surface area contributed by atoms with Crippen molar-refractivity contribution in [1.29, 1.82) is 5.26 Å². The van der Waals surface area contributed by atoms with Crippen LogP contribution in [0.1, 0.15) is 31.9 Å². The van der Waals surface area contributed by atoms with E-state index in [9.17, 15) is 31.1 Å². The van der Waals surface area contributed by atoms with Crippen LogP contribution in [0.3, 0.4) is 0 Å². The van der Waals surface area contributed by atoms with E-state index in [1.54, 1.807) is 20.8 Å². The van der Waals surface area contributed by atoms with Gasteiger partial charge in [0.2, 0.25) is 0 Å². The van der Waals surface area contributed by atoms with Crippen molar-refractivity contribution in [2.45, 2.75) is 38.7 Å². The third kappa shape index (κ3) is 7.94. The summed E-state index contributed by atoms with van der Waals surface area (Å²) in [6.07, 6.45) is -10.5. The fourth-order valence-electron chi connectivity index (χ4n) is 2.18. The molecule has 0 spiro atoms. The van der Waals surface area contributed by atoms with Crippen molar-refractivity contribution in [3.8, 4) is 6.07 Å². The molecule has 0 fully saturated rings. The van der Waals surface area contributed by atoms with Gasteiger partial charge in [-0.3, -0.25) is 0 Å². The van der Waals surface area contributed by atoms with E-state index in [0.29, 0.717) is 11.0 Å². The Morgan fingerprint density at radius 2 is 1.79 bits per heavy atom. The van der Waals surface area contributed by atoms with Gasteiger partial charge in [-0.25, -0.2) is 4.79 Å². The highest BCUT2D eigenvalue weighted by Crippen LogP contribution is 2.35. The number of benzene rings is 1. The van der Waals surface area contributed by atoms with E-state index in [0.717, 1.165) is 12.1 Å². The van der Waals surface area contributed by atoms with Gasteiger partial charge in [-0.2, -0.15) is 31.6 Å². The molecule has 0 bridgehead atoms. The summed E-state index contributed by atoms with van der Waals surface area (Å²) in [7, 11) is 0. The lowest BCUT2D eigenvalue weighted by Crippen LogP contribution is -2.41. The van der Waals surface area contributed by atoms with Gasteiger partial charge in [-0.15, -0.1) is 0 Å². The highest BCUT2D eigenvalue weighted by atomic mass is 19.4. The molecule has 0 aliphatic heterocycles. The fourth-order valence-corrected chi connectivity index (χ4v) is 2.18. The molecule has 28 heavy (non-hydrogen) atoms. The molecular weight excluding hydrogens is 392 g/mol. The average molecular weight is 411 g/mol. The third-order valence-corrected chi connectivity index (χ3v) is 3.21. The molecule has 156 valence electrons. The number of nitriles is 1. The Kier molecular flexibility index (Phi) is 7.17. The predicted molar refractivity (Wildman–Crippen MR) is 88.7 cm³/mol. The zero-order valence-corrected chi connectivity index (χ0v) is 15.3. The molecule has 1 aromatic carbocycles. The first kappa shape index (κ1) is 23.4. The van der Waals surface area contributed by atoms with Crippen molar-refractivity contribution in [3.63, 3.8) is 0 Å². The minimum absolute atomic E-state index is 0.299. The Balaban J connectivity index is 3.03. The van der Waals surface area contributed by atoms with Crippen molar-refractivity contribution in [2.24, 2.45) is 0 Å². The van der Waals surface area contributed by atoms with Crippen molar-refractivity contribution < 1.29 is 35.9 Å². The van der Waals surface area contributed by atoms with Crippen molar-refractivity contribution in [2.75, 3.05) is 24.5 Å². The van der Waals surface area contributed by atoms with Crippen LogP contribution < -0.4 is 10.2 Å². The number of hydrogen-bond acceptors (Lipinski definition) is 4. The Hall–Kier alpha value is -2.64. The van der Waals surface area contributed by atoms with Crippen LogP contribution in [0.2, 0.25) is 0 Å². The molecule has 1 amide bonds. The first-order valence-electron chi connectivity index (χ1n) is 8.02. The number of rotatable bonds is 5. The maximum absolute atomic E-state index is 13.1. The van der Waals surface area contributed by atoms with Gasteiger partial charge in [0.1, 0.15) is 12.1 Å². The summed E-state index contributed by atoms with van der Waals surface area (Å²) in [5.74, 6) is 0. The van der Waals surface area contributed by atoms with Crippen LogP contribution in [0, 0.1) is 11.3 Å². The summed E-state index contributed by atoms with van der Waals surface area (Å²) < 4.78 is 82.7. The maximum Gasteiger partial charge on any atom is 0.417 e. The molecule has 0 saturated heterocycles. The zero-order chi connectivity index (χ0) is 21.8. The van der Waals surface area contributed by atoms with Crippen molar-refractivity contribution >= 4 is 11.8 Å². The molecule has 0 atom stereocenters. The number of alkyl halides is 6. The number of amides is 1. The normalized spacial score (nSPS) is 12.3. The van der Waals surface area contributed by atoms with E-state index in [-0.39, 0.29) is 12.2 Å². The summed E-state index contributed by atoms with van der Waals surface area (Å²) in [6, 6.07) is 3.65. The lowest BCUT2D eigenvalue weighted by atomic mass is 10.1. The van der Waals surface area contributed by atoms with Crippen LogP contribution in [0.5, 0.6) is 0 Å². The number of hydrogen-bond donors (Lipinski definition) is 1. The number of anilines is 1. The molecule has 0 aliphatic rings. The van der Waals surface area contributed by atoms with Gasteiger partial charge in [0, 0.05) is 18.8 Å². The topological polar surface area (TPSA) is 65.4 Å². The second-order valence-electron chi connectivity index (χ2n) is 6.80. The molecule has 1 aromatic rings. The second kappa shape index (κ2) is 8.58. The maximum atomic E-state index is 13.1. The zero-order valence-electron chi connectivity index (χ0n) is 15.3. The van der Waals surface area contributed by atoms with Crippen LogP contribution in [0.4, 0.5) is 36.8 Å². The number of carbonyl (C=O) groups excluding carboxylic acids is 1. The van der Waals surface area contributed by atoms with Crippen LogP contribution in [-0.4, -0.2) is 37.5 Å². The largest absolute Gasteiger partial charge is 0.444 e. The molecule has 1 N–H and O–H groups in total. The Morgan fingerprint density at radius 1 is 1.18 bits per heavy atom. The Morgan fingerprint density at radius 3 is 2.25 bits per heavy atom. The van der Waals surface area contributed by atoms with Gasteiger partial charge in [0.05, 0.1) is 17.2 Å². The molecule has 11 heteroatoms. The minimum Gasteiger partial charge on any atom is -0.444 e. The third-order valence-electron chi connectivity index (χ3n) is 3.21. The number of nitrogens with one attached hydrogen (secondary N) is 1. The molecule has 0 heterocycles. The molecule has 5 nitrogen and oxygen atoms in total. The summed E-state index contributed by atoms with van der Waals surface area (Å²) in [4.78, 5) is 12.2. The van der Waals surface area contributed by atoms with Crippen LogP contribution in [0.15, 0.2) is 18.2 Å². The van der Waals surface area contributed by atoms with E-state index in [1.165, 1.54) is 6.07 Å². The van der Waals surface area contributed by atoms with Crippen molar-refractivity contribution in [1.82, 2.24) is 5.32 Å². The Labute approximate surface area is 157 Å². The van der Waals surface area contributed by atoms with E-state index < -0.39 is 48.3 Å². The number of alkyl carbamates (subject to hydrolysis) is 1. The Bertz CT molecular complexity index is 732. The highest BCUT2D eigenvalue weighted by molar-refractivity contribution is 5.67. The number of carbonyl (C=O) groups is 1. The highest BCUT2D eigenvalue weighted by Gasteiger charge is 2.36. The van der Waals surface area contributed by atoms with Crippen LogP contribution >= 0.6 is 0 Å². The molecule has 0 aliphatic carbocycles. The fraction of sp³-hybridized carbons (Fsp3) is 0.529. The number of nitrogens with zero attached hydrogens (tertiary/aromatic N) is 2. The van der Waals surface area contributed by atoms with Crippen LogP contribution in [0.25, 0.3) is 0 Å². The van der Waals surface area contributed by atoms with Crippen LogP contribution in [-0.2, 0) is 10.9 Å². The first-order valence-corrected chi connectivity index (χ1v) is 8.02. The molecule has 0 radical (unpaired) electrons. The van der Waals surface area contributed by atoms with E-state index >= 15 is 0 Å². The standard InChI is InChI=1S/C17H19F6N3O2/c1-15(2,3)28-14(27)25-6-7-26(10-16(18,19)20)12-5-4-11(9-24)13(8-12)17(21,22)23/h4-5,8H,6-7,10H2,1-3H3,(H,25,27). The van der Waals surface area contributed by atoms with Gasteiger partial charge in [-0.05, 0) is 39.0 Å². The number of ether oxygens (including phenoxy) is 1. The lowest BCUT2D eigenvalue weighted by Gasteiger charge is -2.27. The van der Waals surface area contributed by atoms with Crippen molar-refractivity contribution in [3.05, 3.63) is 29.3 Å². The average Bonchev–Trinajstić information content (AvgIpc) is 2.49. The van der Waals surface area contributed by atoms with Gasteiger partial charge >= 0.3 is 18.4 Å². The quantitative estimate of drug-likeness (QED) is 0.726. The molecule has 1 rings (SSSR count). The molecular formula is C17H19F6N3O2. The molecule has 0 unspecified atom stereocenters. The molecule has 0 saturated carbocycles. The lowest BCUT2D eigenvalue weighted by molar-refractivity contribution is -0.137. The van der Waals surface area contributed by atoms with Gasteiger partial charge in [0.25, 0.3) is 0 Å². The van der Waals surface area contributed by atoms with E-state index in [2.05, 4.69) is 5.32 Å². The monoisotopic (exact) mass is 411 g/mol. The first-order chi connectivity index (χ1) is 12.6. The predicted octanol–water partition coefficient (Wildman–Crippen LogP) is 4.47. The van der Waals surface area contributed by atoms with E-state index in [4.69, 9.17) is 10.00 Å². The summed E-state index contributed by atoms with van der Waals surface area (Å²) in [5.41, 5.74) is -3.23. The SMILES string of the molecule is CC(C)(C)OC(=O)NCCN(CC(F)(F)F)c1ccc(C#N)c(C(F)(F)F)c1. The van der Waals surface area contributed by atoms with Gasteiger partial charge in [-0.1, -0.05) is 0 Å². The van der Waals surface area contributed by atoms with E-state index in [1.807, 2.05) is 0 Å². The summed E-state index contributed by atoms with van der Waals surface area (Å²) in [5, 5.41) is 11.0. The molecule has 0 aromatic heterocycles. The summed E-state index contributed by atoms with van der Waals surface area (Å²) in [6.45, 7) is 2.52. The minimum atomic E-state index is -4.90. The summed E-state index contributed by atoms with van der Waals surface area (Å²) >= 11 is 0. The van der Waals surface area contributed by atoms with Gasteiger partial charge < -0.3 is 15.0 Å².